The summed E-state index contributed by atoms with van der Waals surface area (Å²) in [4.78, 5) is 0. The van der Waals surface area contributed by atoms with Crippen molar-refractivity contribution in [2.45, 2.75) is 50.8 Å². The predicted molar refractivity (Wildman–Crippen MR) is 112 cm³/mol. The number of aromatic nitrogens is 2. The van der Waals surface area contributed by atoms with Gasteiger partial charge in [0.25, 0.3) is 0 Å². The molecule has 4 N–H and O–H groups in total. The number of rotatable bonds is 5. The van der Waals surface area contributed by atoms with Crippen LogP contribution in [0.15, 0.2) is 46.9 Å². The quantitative estimate of drug-likeness (QED) is 0.486. The van der Waals surface area contributed by atoms with Crippen LogP contribution in [-0.4, -0.2) is 61.6 Å². The third-order valence-electron chi connectivity index (χ3n) is 5.73. The number of aliphatic hydroxyl groups is 4. The Morgan fingerprint density at radius 2 is 1.61 bits per heavy atom. The lowest BCUT2D eigenvalue weighted by Crippen LogP contribution is -2.55. The average molecular weight is 426 g/mol. The van der Waals surface area contributed by atoms with Gasteiger partial charge in [0.15, 0.2) is 0 Å². The molecule has 0 spiro atoms. The molecule has 0 radical (unpaired) electrons. The van der Waals surface area contributed by atoms with Gasteiger partial charge in [-0.25, -0.2) is 0 Å². The molecule has 0 saturated carbocycles. The minimum absolute atomic E-state index is 0.454. The molecule has 3 aromatic rings. The van der Waals surface area contributed by atoms with Crippen LogP contribution in [0.3, 0.4) is 0 Å². The first-order valence-corrected chi connectivity index (χ1v) is 10.3. The third-order valence-corrected chi connectivity index (χ3v) is 5.73. The van der Waals surface area contributed by atoms with Gasteiger partial charge in [-0.15, -0.1) is 10.2 Å². The van der Waals surface area contributed by atoms with Crippen LogP contribution in [0.5, 0.6) is 0 Å². The molecule has 1 saturated heterocycles. The molecule has 8 nitrogen and oxygen atoms in total. The van der Waals surface area contributed by atoms with Crippen LogP contribution < -0.4 is 0 Å². The van der Waals surface area contributed by atoms with Crippen molar-refractivity contribution in [3.8, 4) is 22.6 Å². The highest BCUT2D eigenvalue weighted by Gasteiger charge is 2.44. The van der Waals surface area contributed by atoms with E-state index in [-0.39, 0.29) is 0 Å². The topological polar surface area (TPSA) is 129 Å². The lowest BCUT2D eigenvalue weighted by molar-refractivity contribution is -0.231. The SMILES string of the molecule is CCc1c(-c2ccc(-c3nnc(C)o3)cc2)cccc1[C@H]1O[C@H](CO)[C@@H](O)[C@H](O)[C@@H]1O. The van der Waals surface area contributed by atoms with Crippen LogP contribution in [0.2, 0.25) is 0 Å². The van der Waals surface area contributed by atoms with E-state index in [9.17, 15) is 20.4 Å². The lowest BCUT2D eigenvalue weighted by atomic mass is 9.85. The molecule has 0 amide bonds. The first-order valence-electron chi connectivity index (χ1n) is 10.3. The first kappa shape index (κ1) is 21.6. The van der Waals surface area contributed by atoms with Crippen molar-refractivity contribution in [3.05, 3.63) is 59.5 Å². The summed E-state index contributed by atoms with van der Waals surface area (Å²) < 4.78 is 11.3. The van der Waals surface area contributed by atoms with Gasteiger partial charge in [0.2, 0.25) is 11.8 Å². The maximum atomic E-state index is 10.6. The van der Waals surface area contributed by atoms with E-state index in [1.165, 1.54) is 0 Å². The molecule has 0 unspecified atom stereocenters. The molecule has 31 heavy (non-hydrogen) atoms. The Hall–Kier alpha value is -2.62. The number of aliphatic hydroxyl groups excluding tert-OH is 4. The molecule has 4 rings (SSSR count). The van der Waals surface area contributed by atoms with Crippen molar-refractivity contribution < 1.29 is 29.6 Å². The number of hydrogen-bond donors (Lipinski definition) is 4. The van der Waals surface area contributed by atoms with Crippen LogP contribution >= 0.6 is 0 Å². The molecule has 0 bridgehead atoms. The number of hydrogen-bond acceptors (Lipinski definition) is 8. The second-order valence-electron chi connectivity index (χ2n) is 7.68. The molecule has 8 heteroatoms. The number of ether oxygens (including phenoxy) is 1. The highest BCUT2D eigenvalue weighted by molar-refractivity contribution is 5.71. The maximum absolute atomic E-state index is 10.6. The molecular weight excluding hydrogens is 400 g/mol. The zero-order valence-electron chi connectivity index (χ0n) is 17.3. The predicted octanol–water partition coefficient (Wildman–Crippen LogP) is 1.79. The van der Waals surface area contributed by atoms with Gasteiger partial charge in [-0.1, -0.05) is 37.3 Å². The fourth-order valence-electron chi connectivity index (χ4n) is 4.10. The van der Waals surface area contributed by atoms with Gasteiger partial charge in [0, 0.05) is 12.5 Å². The van der Waals surface area contributed by atoms with Crippen molar-refractivity contribution >= 4 is 0 Å². The van der Waals surface area contributed by atoms with Crippen molar-refractivity contribution in [2.75, 3.05) is 6.61 Å². The summed E-state index contributed by atoms with van der Waals surface area (Å²) in [6.45, 7) is 3.28. The van der Waals surface area contributed by atoms with E-state index in [4.69, 9.17) is 9.15 Å². The summed E-state index contributed by atoms with van der Waals surface area (Å²) in [5.74, 6) is 0.953. The van der Waals surface area contributed by atoms with Gasteiger partial charge in [0.05, 0.1) is 6.61 Å². The summed E-state index contributed by atoms with van der Waals surface area (Å²) in [6, 6.07) is 13.4. The Kier molecular flexibility index (Phi) is 6.17. The second kappa shape index (κ2) is 8.86. The molecular formula is C23H26N2O6. The summed E-state index contributed by atoms with van der Waals surface area (Å²) in [7, 11) is 0. The van der Waals surface area contributed by atoms with E-state index in [1.54, 1.807) is 6.92 Å². The largest absolute Gasteiger partial charge is 0.421 e. The molecule has 1 aliphatic rings. The highest BCUT2D eigenvalue weighted by atomic mass is 16.5. The van der Waals surface area contributed by atoms with E-state index >= 15 is 0 Å². The van der Waals surface area contributed by atoms with E-state index in [2.05, 4.69) is 10.2 Å². The number of nitrogens with zero attached hydrogens (tertiary/aromatic N) is 2. The molecule has 0 aliphatic carbocycles. The van der Waals surface area contributed by atoms with Crippen molar-refractivity contribution in [1.29, 1.82) is 0 Å². The van der Waals surface area contributed by atoms with Gasteiger partial charge in [-0.05, 0) is 40.8 Å². The van der Waals surface area contributed by atoms with Gasteiger partial charge in [0.1, 0.15) is 30.5 Å². The smallest absolute Gasteiger partial charge is 0.247 e. The van der Waals surface area contributed by atoms with Crippen LogP contribution in [0.1, 0.15) is 30.0 Å². The van der Waals surface area contributed by atoms with Crippen molar-refractivity contribution in [3.63, 3.8) is 0 Å². The molecule has 164 valence electrons. The zero-order valence-corrected chi connectivity index (χ0v) is 17.3. The average Bonchev–Trinajstić information content (AvgIpc) is 3.23. The second-order valence-corrected chi connectivity index (χ2v) is 7.68. The van der Waals surface area contributed by atoms with E-state index in [0.29, 0.717) is 23.8 Å². The molecule has 2 heterocycles. The van der Waals surface area contributed by atoms with Gasteiger partial charge < -0.3 is 29.6 Å². The molecule has 1 fully saturated rings. The van der Waals surface area contributed by atoms with E-state index in [0.717, 1.165) is 22.3 Å². The van der Waals surface area contributed by atoms with E-state index < -0.39 is 37.1 Å². The van der Waals surface area contributed by atoms with Crippen LogP contribution in [0, 0.1) is 6.92 Å². The lowest BCUT2D eigenvalue weighted by Gasteiger charge is -2.41. The maximum Gasteiger partial charge on any atom is 0.247 e. The molecule has 1 aromatic heterocycles. The fourth-order valence-corrected chi connectivity index (χ4v) is 4.10. The highest BCUT2D eigenvalue weighted by Crippen LogP contribution is 2.38. The Morgan fingerprint density at radius 3 is 2.23 bits per heavy atom. The Balaban J connectivity index is 1.70. The fraction of sp³-hybridized carbons (Fsp3) is 0.391. The third kappa shape index (κ3) is 4.00. The van der Waals surface area contributed by atoms with E-state index in [1.807, 2.05) is 49.4 Å². The van der Waals surface area contributed by atoms with Gasteiger partial charge in [-0.3, -0.25) is 0 Å². The van der Waals surface area contributed by atoms with Gasteiger partial charge >= 0.3 is 0 Å². The summed E-state index contributed by atoms with van der Waals surface area (Å²) in [6.07, 6.45) is -5.28. The summed E-state index contributed by atoms with van der Waals surface area (Å²) in [5.41, 5.74) is 4.41. The zero-order chi connectivity index (χ0) is 22.1. The monoisotopic (exact) mass is 426 g/mol. The number of benzene rings is 2. The molecule has 2 aromatic carbocycles. The molecule has 1 aliphatic heterocycles. The Morgan fingerprint density at radius 1 is 0.903 bits per heavy atom. The normalized spacial score (nSPS) is 26.2. The van der Waals surface area contributed by atoms with Crippen LogP contribution in [-0.2, 0) is 11.2 Å². The van der Waals surface area contributed by atoms with Crippen molar-refractivity contribution in [1.82, 2.24) is 10.2 Å². The first-order chi connectivity index (χ1) is 14.9. The summed E-state index contributed by atoms with van der Waals surface area (Å²) in [5, 5.41) is 48.3. The minimum atomic E-state index is -1.42. The number of aryl methyl sites for hydroxylation is 1. The Labute approximate surface area is 179 Å². The van der Waals surface area contributed by atoms with Crippen molar-refractivity contribution in [2.24, 2.45) is 0 Å². The minimum Gasteiger partial charge on any atom is -0.421 e. The van der Waals surface area contributed by atoms with Crippen LogP contribution in [0.25, 0.3) is 22.6 Å². The molecule has 5 atom stereocenters. The Bertz CT molecular complexity index is 1030. The van der Waals surface area contributed by atoms with Crippen LogP contribution in [0.4, 0.5) is 0 Å². The standard InChI is InChI=1S/C23H26N2O6/c1-3-15-16(13-7-9-14(10-8-13)23-25-24-12(2)30-23)5-4-6-17(15)22-21(29)20(28)19(27)18(11-26)31-22/h4-10,18-22,26-29H,3,11H2,1-2H3/t18-,19-,20+,21+,22-/m1/s1. The summed E-state index contributed by atoms with van der Waals surface area (Å²) >= 11 is 0. The van der Waals surface area contributed by atoms with Gasteiger partial charge in [-0.2, -0.15) is 0 Å².